The number of esters is 1. The van der Waals surface area contributed by atoms with Crippen molar-refractivity contribution in [2.75, 3.05) is 47.0 Å². The molecule has 1 amide bonds. The highest BCUT2D eigenvalue weighted by Gasteiger charge is 2.14. The van der Waals surface area contributed by atoms with Gasteiger partial charge in [-0.15, -0.1) is 0 Å². The van der Waals surface area contributed by atoms with Crippen LogP contribution in [0.25, 0.3) is 0 Å². The lowest BCUT2D eigenvalue weighted by Gasteiger charge is -2.20. The number of halogens is 1. The van der Waals surface area contributed by atoms with Crippen LogP contribution in [0.3, 0.4) is 0 Å². The number of amides is 1. The average Bonchev–Trinajstić information content (AvgIpc) is 2.54. The van der Waals surface area contributed by atoms with E-state index in [0.29, 0.717) is 26.1 Å². The lowest BCUT2D eigenvalue weighted by Crippen LogP contribution is -2.42. The zero-order chi connectivity index (χ0) is 17.1. The smallest absolute Gasteiger partial charge is 0.319 e. The average molecular weight is 326 g/mol. The number of hydrogen-bond donors (Lipinski definition) is 1. The summed E-state index contributed by atoms with van der Waals surface area (Å²) in [6, 6.07) is 6.15. The Morgan fingerprint density at radius 3 is 2.48 bits per heavy atom. The van der Waals surface area contributed by atoms with E-state index >= 15 is 0 Å². The molecule has 0 saturated carbocycles. The van der Waals surface area contributed by atoms with Crippen LogP contribution in [-0.4, -0.2) is 63.8 Å². The molecule has 1 aromatic carbocycles. The second-order valence-electron chi connectivity index (χ2n) is 5.01. The van der Waals surface area contributed by atoms with Crippen molar-refractivity contribution in [2.24, 2.45) is 0 Å². The number of hydrogen-bond acceptors (Lipinski definition) is 5. The molecule has 23 heavy (non-hydrogen) atoms. The van der Waals surface area contributed by atoms with Crippen LogP contribution in [-0.2, 0) is 25.5 Å². The number of nitrogens with zero attached hydrogens (tertiary/aromatic N) is 1. The standard InChI is InChI=1S/C16H23FN2O4/c1-22-10-9-19(12-16(21)23-2)11-15(20)18-8-7-13-3-5-14(17)6-4-13/h3-6H,7-12H2,1-2H3,(H,18,20). The van der Waals surface area contributed by atoms with Crippen LogP contribution in [0.1, 0.15) is 5.56 Å². The van der Waals surface area contributed by atoms with Gasteiger partial charge in [0, 0.05) is 20.2 Å². The van der Waals surface area contributed by atoms with E-state index in [1.54, 1.807) is 24.1 Å². The van der Waals surface area contributed by atoms with Gasteiger partial charge < -0.3 is 14.8 Å². The minimum Gasteiger partial charge on any atom is -0.468 e. The van der Waals surface area contributed by atoms with Crippen molar-refractivity contribution in [2.45, 2.75) is 6.42 Å². The van der Waals surface area contributed by atoms with Gasteiger partial charge in [-0.25, -0.2) is 4.39 Å². The van der Waals surface area contributed by atoms with Crippen molar-refractivity contribution < 1.29 is 23.5 Å². The summed E-state index contributed by atoms with van der Waals surface area (Å²) < 4.78 is 22.4. The maximum Gasteiger partial charge on any atom is 0.319 e. The second kappa shape index (κ2) is 10.7. The summed E-state index contributed by atoms with van der Waals surface area (Å²) in [6.07, 6.45) is 0.612. The third kappa shape index (κ3) is 8.27. The number of methoxy groups -OCH3 is 2. The zero-order valence-electron chi connectivity index (χ0n) is 13.5. The van der Waals surface area contributed by atoms with Crippen LogP contribution in [0.5, 0.6) is 0 Å². The maximum absolute atomic E-state index is 12.8. The van der Waals surface area contributed by atoms with Gasteiger partial charge in [0.25, 0.3) is 0 Å². The Morgan fingerprint density at radius 1 is 1.17 bits per heavy atom. The minimum atomic E-state index is -0.403. The number of carbonyl (C=O) groups excluding carboxylic acids is 2. The number of benzene rings is 1. The molecule has 128 valence electrons. The first-order valence-electron chi connectivity index (χ1n) is 7.34. The van der Waals surface area contributed by atoms with E-state index in [0.717, 1.165) is 5.56 Å². The third-order valence-electron chi connectivity index (χ3n) is 3.21. The lowest BCUT2D eigenvalue weighted by atomic mass is 10.1. The number of carbonyl (C=O) groups is 2. The normalized spacial score (nSPS) is 10.6. The van der Waals surface area contributed by atoms with Crippen LogP contribution in [0, 0.1) is 5.82 Å². The van der Waals surface area contributed by atoms with Gasteiger partial charge in [0.1, 0.15) is 5.82 Å². The fourth-order valence-electron chi connectivity index (χ4n) is 1.94. The summed E-state index contributed by atoms with van der Waals surface area (Å²) >= 11 is 0. The monoisotopic (exact) mass is 326 g/mol. The molecule has 0 aliphatic heterocycles. The summed E-state index contributed by atoms with van der Waals surface area (Å²) in [7, 11) is 2.86. The number of nitrogens with one attached hydrogen (secondary N) is 1. The molecule has 0 bridgehead atoms. The molecule has 0 unspecified atom stereocenters. The molecule has 1 aromatic rings. The van der Waals surface area contributed by atoms with Crippen molar-refractivity contribution in [3.05, 3.63) is 35.6 Å². The second-order valence-corrected chi connectivity index (χ2v) is 5.01. The first kappa shape index (κ1) is 19.1. The number of rotatable bonds is 10. The van der Waals surface area contributed by atoms with Gasteiger partial charge in [-0.2, -0.15) is 0 Å². The first-order valence-corrected chi connectivity index (χ1v) is 7.34. The van der Waals surface area contributed by atoms with Gasteiger partial charge in [-0.05, 0) is 24.1 Å². The zero-order valence-corrected chi connectivity index (χ0v) is 13.5. The fourth-order valence-corrected chi connectivity index (χ4v) is 1.94. The summed E-state index contributed by atoms with van der Waals surface area (Å²) in [5.74, 6) is -0.873. The summed E-state index contributed by atoms with van der Waals surface area (Å²) in [5.41, 5.74) is 0.942. The molecule has 0 radical (unpaired) electrons. The summed E-state index contributed by atoms with van der Waals surface area (Å²) in [5, 5.41) is 2.78. The quantitative estimate of drug-likeness (QED) is 0.638. The maximum atomic E-state index is 12.8. The largest absolute Gasteiger partial charge is 0.468 e. The highest BCUT2D eigenvalue weighted by atomic mass is 19.1. The van der Waals surface area contributed by atoms with Crippen LogP contribution in [0.2, 0.25) is 0 Å². The summed E-state index contributed by atoms with van der Waals surface area (Å²) in [6.45, 7) is 1.44. The van der Waals surface area contributed by atoms with Crippen molar-refractivity contribution in [1.82, 2.24) is 10.2 Å². The Labute approximate surface area is 135 Å². The van der Waals surface area contributed by atoms with Crippen LogP contribution >= 0.6 is 0 Å². The summed E-state index contributed by atoms with van der Waals surface area (Å²) in [4.78, 5) is 24.9. The molecule has 7 heteroatoms. The minimum absolute atomic E-state index is 0.0330. The molecule has 1 rings (SSSR count). The topological polar surface area (TPSA) is 67.9 Å². The highest BCUT2D eigenvalue weighted by molar-refractivity contribution is 5.79. The van der Waals surface area contributed by atoms with E-state index in [1.807, 2.05) is 0 Å². The third-order valence-corrected chi connectivity index (χ3v) is 3.21. The predicted octanol–water partition coefficient (Wildman–Crippen LogP) is 0.606. The number of ether oxygens (including phenoxy) is 2. The van der Waals surface area contributed by atoms with E-state index < -0.39 is 5.97 Å². The Kier molecular flexibility index (Phi) is 8.86. The first-order chi connectivity index (χ1) is 11.0. The lowest BCUT2D eigenvalue weighted by molar-refractivity contribution is -0.142. The molecule has 6 nitrogen and oxygen atoms in total. The van der Waals surface area contributed by atoms with Gasteiger partial charge in [-0.3, -0.25) is 14.5 Å². The fraction of sp³-hybridized carbons (Fsp3) is 0.500. The molecule has 0 fully saturated rings. The van der Waals surface area contributed by atoms with Crippen molar-refractivity contribution in [3.63, 3.8) is 0 Å². The Hall–Kier alpha value is -1.99. The van der Waals surface area contributed by atoms with Crippen molar-refractivity contribution >= 4 is 11.9 Å². The van der Waals surface area contributed by atoms with E-state index in [1.165, 1.54) is 19.2 Å². The van der Waals surface area contributed by atoms with E-state index in [-0.39, 0.29) is 24.8 Å². The van der Waals surface area contributed by atoms with Gasteiger partial charge in [0.2, 0.25) is 5.91 Å². The molecule has 0 aromatic heterocycles. The Bertz CT molecular complexity index is 493. The van der Waals surface area contributed by atoms with Crippen LogP contribution in [0.4, 0.5) is 4.39 Å². The van der Waals surface area contributed by atoms with Gasteiger partial charge in [-0.1, -0.05) is 12.1 Å². The van der Waals surface area contributed by atoms with Crippen molar-refractivity contribution in [3.8, 4) is 0 Å². The van der Waals surface area contributed by atoms with E-state index in [2.05, 4.69) is 10.1 Å². The molecule has 0 saturated heterocycles. The van der Waals surface area contributed by atoms with Gasteiger partial charge in [0.05, 0.1) is 26.8 Å². The van der Waals surface area contributed by atoms with Gasteiger partial charge >= 0.3 is 5.97 Å². The molecular weight excluding hydrogens is 303 g/mol. The Balaban J connectivity index is 2.35. The molecule has 1 N–H and O–H groups in total. The molecule has 0 spiro atoms. The van der Waals surface area contributed by atoms with E-state index in [4.69, 9.17) is 4.74 Å². The van der Waals surface area contributed by atoms with Gasteiger partial charge in [0.15, 0.2) is 0 Å². The molecule has 0 atom stereocenters. The van der Waals surface area contributed by atoms with E-state index in [9.17, 15) is 14.0 Å². The van der Waals surface area contributed by atoms with Crippen LogP contribution in [0.15, 0.2) is 24.3 Å². The van der Waals surface area contributed by atoms with Crippen molar-refractivity contribution in [1.29, 1.82) is 0 Å². The molecular formula is C16H23FN2O4. The molecule has 0 aliphatic carbocycles. The SMILES string of the molecule is COCCN(CC(=O)NCCc1ccc(F)cc1)CC(=O)OC. The predicted molar refractivity (Wildman–Crippen MR) is 83.4 cm³/mol. The molecule has 0 heterocycles. The Morgan fingerprint density at radius 2 is 1.87 bits per heavy atom. The van der Waals surface area contributed by atoms with Crippen LogP contribution < -0.4 is 5.32 Å². The molecule has 0 aliphatic rings. The highest BCUT2D eigenvalue weighted by Crippen LogP contribution is 2.02.